The van der Waals surface area contributed by atoms with Crippen molar-refractivity contribution in [2.24, 2.45) is 5.41 Å². The van der Waals surface area contributed by atoms with Crippen molar-refractivity contribution in [2.45, 2.75) is 32.7 Å². The first kappa shape index (κ1) is 17.4. The van der Waals surface area contributed by atoms with Gasteiger partial charge in [-0.2, -0.15) is 0 Å². The highest BCUT2D eigenvalue weighted by Crippen LogP contribution is 2.29. The number of benzene rings is 1. The summed E-state index contributed by atoms with van der Waals surface area (Å²) in [7, 11) is 0. The Kier molecular flexibility index (Phi) is 5.03. The van der Waals surface area contributed by atoms with Gasteiger partial charge < -0.3 is 15.3 Å². The normalized spacial score (nSPS) is 21.8. The molecule has 3 rings (SSSR count). The van der Waals surface area contributed by atoms with Gasteiger partial charge in [0.15, 0.2) is 0 Å². The lowest BCUT2D eigenvalue weighted by atomic mass is 9.83. The number of nitrogens with zero attached hydrogens (tertiary/aromatic N) is 4. The Morgan fingerprint density at radius 3 is 2.80 bits per heavy atom. The number of nitrogens with one attached hydrogen (secondary N) is 1. The second-order valence-corrected chi connectivity index (χ2v) is 7.10. The van der Waals surface area contributed by atoms with E-state index in [1.54, 1.807) is 22.0 Å². The molecule has 2 aromatic rings. The summed E-state index contributed by atoms with van der Waals surface area (Å²) in [5.41, 5.74) is 1.76. The van der Waals surface area contributed by atoms with Crippen LogP contribution < -0.4 is 5.32 Å². The van der Waals surface area contributed by atoms with Crippen LogP contribution >= 0.6 is 0 Å². The van der Waals surface area contributed by atoms with Crippen LogP contribution in [0, 0.1) is 5.41 Å². The van der Waals surface area contributed by atoms with E-state index in [4.69, 9.17) is 0 Å². The van der Waals surface area contributed by atoms with Crippen LogP contribution in [-0.2, 0) is 0 Å². The first-order chi connectivity index (χ1) is 12.0. The van der Waals surface area contributed by atoms with E-state index in [1.807, 2.05) is 38.1 Å². The summed E-state index contributed by atoms with van der Waals surface area (Å²) in [6.45, 7) is 5.43. The number of aliphatic hydroxyl groups excluding tert-OH is 1. The zero-order valence-corrected chi connectivity index (χ0v) is 14.7. The summed E-state index contributed by atoms with van der Waals surface area (Å²) in [4.78, 5) is 14.4. The monoisotopic (exact) mass is 343 g/mol. The number of amides is 2. The molecule has 134 valence electrons. The highest BCUT2D eigenvalue weighted by atomic mass is 16.3. The van der Waals surface area contributed by atoms with Crippen molar-refractivity contribution >= 4 is 6.03 Å². The molecule has 7 heteroatoms. The predicted molar refractivity (Wildman–Crippen MR) is 94.3 cm³/mol. The molecule has 1 aromatic heterocycles. The Morgan fingerprint density at radius 1 is 1.40 bits per heavy atom. The molecule has 2 heterocycles. The van der Waals surface area contributed by atoms with Crippen LogP contribution in [0.2, 0.25) is 0 Å². The molecule has 0 radical (unpaired) electrons. The van der Waals surface area contributed by atoms with Crippen LogP contribution in [0.4, 0.5) is 4.79 Å². The summed E-state index contributed by atoms with van der Waals surface area (Å²) < 4.78 is 1.69. The minimum atomic E-state index is -0.196. The van der Waals surface area contributed by atoms with Gasteiger partial charge >= 0.3 is 6.03 Å². The molecule has 1 aromatic carbocycles. The number of hydrogen-bond acceptors (Lipinski definition) is 4. The minimum absolute atomic E-state index is 0.0766. The second kappa shape index (κ2) is 7.23. The fraction of sp³-hybridized carbons (Fsp3) is 0.500. The van der Waals surface area contributed by atoms with E-state index in [2.05, 4.69) is 15.6 Å². The summed E-state index contributed by atoms with van der Waals surface area (Å²) >= 11 is 0. The second-order valence-electron chi connectivity index (χ2n) is 7.10. The van der Waals surface area contributed by atoms with Gasteiger partial charge in [-0.3, -0.25) is 0 Å². The molecule has 0 aliphatic carbocycles. The highest BCUT2D eigenvalue weighted by molar-refractivity contribution is 5.75. The van der Waals surface area contributed by atoms with Crippen molar-refractivity contribution in [2.75, 3.05) is 19.7 Å². The summed E-state index contributed by atoms with van der Waals surface area (Å²) in [6, 6.07) is 7.70. The van der Waals surface area contributed by atoms with E-state index in [0.29, 0.717) is 6.54 Å². The standard InChI is InChI=1S/C18H25N5O2/c1-14(15-4-6-16(7-5-15)23-11-9-19-21-23)20-17(25)22-10-3-8-18(2,12-22)13-24/h4-7,9,11,14,24H,3,8,10,12-13H2,1-2H3,(H,20,25). The Balaban J connectivity index is 1.61. The summed E-state index contributed by atoms with van der Waals surface area (Å²) in [5.74, 6) is 0. The maximum atomic E-state index is 12.6. The Morgan fingerprint density at radius 2 is 2.16 bits per heavy atom. The van der Waals surface area contributed by atoms with Crippen LogP contribution in [0.5, 0.6) is 0 Å². The lowest BCUT2D eigenvalue weighted by Gasteiger charge is -2.39. The molecule has 1 aliphatic heterocycles. The maximum Gasteiger partial charge on any atom is 0.317 e. The average molecular weight is 343 g/mol. The van der Waals surface area contributed by atoms with Crippen LogP contribution in [0.3, 0.4) is 0 Å². The molecule has 0 bridgehead atoms. The lowest BCUT2D eigenvalue weighted by molar-refractivity contribution is 0.0609. The maximum absolute atomic E-state index is 12.6. The summed E-state index contributed by atoms with van der Waals surface area (Å²) in [5, 5.41) is 20.4. The van der Waals surface area contributed by atoms with E-state index < -0.39 is 0 Å². The van der Waals surface area contributed by atoms with Gasteiger partial charge in [0, 0.05) is 18.5 Å². The van der Waals surface area contributed by atoms with Crippen molar-refractivity contribution < 1.29 is 9.90 Å². The van der Waals surface area contributed by atoms with Crippen molar-refractivity contribution in [3.05, 3.63) is 42.2 Å². The number of carbonyl (C=O) groups excluding carboxylic acids is 1. The Labute approximate surface area is 147 Å². The molecule has 2 amide bonds. The Hall–Kier alpha value is -2.41. The van der Waals surface area contributed by atoms with E-state index in [0.717, 1.165) is 30.6 Å². The van der Waals surface area contributed by atoms with Gasteiger partial charge in [-0.25, -0.2) is 9.48 Å². The molecular formula is C18H25N5O2. The number of aromatic nitrogens is 3. The van der Waals surface area contributed by atoms with E-state index >= 15 is 0 Å². The smallest absolute Gasteiger partial charge is 0.317 e. The zero-order valence-electron chi connectivity index (χ0n) is 14.7. The number of hydrogen-bond donors (Lipinski definition) is 2. The molecule has 2 unspecified atom stereocenters. The van der Waals surface area contributed by atoms with E-state index in [9.17, 15) is 9.90 Å². The molecule has 0 saturated carbocycles. The number of likely N-dealkylation sites (tertiary alicyclic amines) is 1. The van der Waals surface area contributed by atoms with Crippen LogP contribution in [0.1, 0.15) is 38.3 Å². The quantitative estimate of drug-likeness (QED) is 0.891. The van der Waals surface area contributed by atoms with E-state index in [-0.39, 0.29) is 24.1 Å². The van der Waals surface area contributed by atoms with Crippen molar-refractivity contribution in [3.63, 3.8) is 0 Å². The molecule has 2 N–H and O–H groups in total. The van der Waals surface area contributed by atoms with Gasteiger partial charge in [0.1, 0.15) is 0 Å². The number of aliphatic hydroxyl groups is 1. The molecule has 2 atom stereocenters. The molecule has 0 spiro atoms. The van der Waals surface area contributed by atoms with Crippen LogP contribution in [0.25, 0.3) is 5.69 Å². The van der Waals surface area contributed by atoms with Crippen LogP contribution in [0.15, 0.2) is 36.7 Å². The average Bonchev–Trinajstić information content (AvgIpc) is 3.16. The summed E-state index contributed by atoms with van der Waals surface area (Å²) in [6.07, 6.45) is 5.29. The number of piperidine rings is 1. The van der Waals surface area contributed by atoms with Crippen molar-refractivity contribution in [3.8, 4) is 5.69 Å². The van der Waals surface area contributed by atoms with Crippen molar-refractivity contribution in [1.29, 1.82) is 0 Å². The minimum Gasteiger partial charge on any atom is -0.396 e. The number of rotatable bonds is 4. The fourth-order valence-electron chi connectivity index (χ4n) is 3.24. The third-order valence-corrected chi connectivity index (χ3v) is 4.87. The molecule has 25 heavy (non-hydrogen) atoms. The predicted octanol–water partition coefficient (Wildman–Crippen LogP) is 2.13. The largest absolute Gasteiger partial charge is 0.396 e. The van der Waals surface area contributed by atoms with Gasteiger partial charge in [0.2, 0.25) is 0 Å². The van der Waals surface area contributed by atoms with Gasteiger partial charge in [0.25, 0.3) is 0 Å². The Bertz CT molecular complexity index is 701. The molecular weight excluding hydrogens is 318 g/mol. The van der Waals surface area contributed by atoms with Gasteiger partial charge in [-0.1, -0.05) is 24.3 Å². The molecule has 1 fully saturated rings. The van der Waals surface area contributed by atoms with Gasteiger partial charge in [0.05, 0.1) is 30.7 Å². The first-order valence-corrected chi connectivity index (χ1v) is 8.64. The van der Waals surface area contributed by atoms with E-state index in [1.165, 1.54) is 0 Å². The zero-order chi connectivity index (χ0) is 17.9. The molecule has 7 nitrogen and oxygen atoms in total. The topological polar surface area (TPSA) is 83.3 Å². The molecule has 1 aliphatic rings. The van der Waals surface area contributed by atoms with Crippen molar-refractivity contribution in [1.82, 2.24) is 25.2 Å². The molecule has 1 saturated heterocycles. The van der Waals surface area contributed by atoms with Gasteiger partial charge in [-0.05, 0) is 37.5 Å². The SMILES string of the molecule is CC(NC(=O)N1CCCC(C)(CO)C1)c1ccc(-n2ccnn2)cc1. The third-order valence-electron chi connectivity index (χ3n) is 4.87. The first-order valence-electron chi connectivity index (χ1n) is 8.64. The lowest BCUT2D eigenvalue weighted by Crippen LogP contribution is -2.50. The van der Waals surface area contributed by atoms with Gasteiger partial charge in [-0.15, -0.1) is 5.10 Å². The third kappa shape index (κ3) is 3.99. The fourth-order valence-corrected chi connectivity index (χ4v) is 3.24. The number of carbonyl (C=O) groups is 1. The number of urea groups is 1. The highest BCUT2D eigenvalue weighted by Gasteiger charge is 2.32. The van der Waals surface area contributed by atoms with Crippen LogP contribution in [-0.4, -0.2) is 50.7 Å².